The van der Waals surface area contributed by atoms with E-state index in [9.17, 15) is 0 Å². The number of rotatable bonds is 4. The Balaban J connectivity index is 1.96. The Kier molecular flexibility index (Phi) is 6.37. The molecule has 1 atom stereocenters. The van der Waals surface area contributed by atoms with E-state index in [0.717, 1.165) is 17.2 Å². The largest absolute Gasteiger partial charge is 0.108 e. The molecule has 0 saturated heterocycles. The van der Waals surface area contributed by atoms with Crippen molar-refractivity contribution >= 4 is 15.2 Å². The van der Waals surface area contributed by atoms with E-state index in [1.165, 1.54) is 38.5 Å². The molecule has 3 aliphatic carbocycles. The van der Waals surface area contributed by atoms with Gasteiger partial charge in [0.05, 0.1) is 0 Å². The summed E-state index contributed by atoms with van der Waals surface area (Å²) in [6.45, 7) is 15.4. The van der Waals surface area contributed by atoms with Crippen molar-refractivity contribution in [1.29, 1.82) is 0 Å². The van der Waals surface area contributed by atoms with Crippen LogP contribution in [-0.4, -0.2) is 19.1 Å². The summed E-state index contributed by atoms with van der Waals surface area (Å²) in [5.41, 5.74) is 7.21. The van der Waals surface area contributed by atoms with Crippen LogP contribution < -0.4 is 0 Å². The SMILES string of the molecule is CC1=C(C)C(C)C([Si](C)(C)P(C2CCCCC2)C2CCCCC2)=C1C. The average Bonchev–Trinajstić information content (AvgIpc) is 2.80. The van der Waals surface area contributed by atoms with Crippen LogP contribution in [0, 0.1) is 5.92 Å². The molecule has 142 valence electrons. The van der Waals surface area contributed by atoms with Gasteiger partial charge in [-0.05, 0) is 69.3 Å². The van der Waals surface area contributed by atoms with Crippen molar-refractivity contribution in [2.24, 2.45) is 5.92 Å². The van der Waals surface area contributed by atoms with Gasteiger partial charge in [0.2, 0.25) is 0 Å². The molecule has 0 radical (unpaired) electrons. The molecule has 0 aromatic carbocycles. The molecule has 0 aromatic rings. The molecule has 1 unspecified atom stereocenters. The molecule has 0 bridgehead atoms. The van der Waals surface area contributed by atoms with Crippen LogP contribution in [0.25, 0.3) is 0 Å². The van der Waals surface area contributed by atoms with Gasteiger partial charge in [-0.25, -0.2) is 0 Å². The maximum Gasteiger partial charge on any atom is 0.104 e. The molecule has 0 aromatic heterocycles. The van der Waals surface area contributed by atoms with Crippen LogP contribution in [0.3, 0.4) is 0 Å². The third-order valence-electron chi connectivity index (χ3n) is 7.88. The first-order chi connectivity index (χ1) is 11.9. The number of hydrogen-bond acceptors (Lipinski definition) is 0. The van der Waals surface area contributed by atoms with Crippen LogP contribution in [0.15, 0.2) is 21.9 Å². The second kappa shape index (κ2) is 8.01. The van der Waals surface area contributed by atoms with Crippen molar-refractivity contribution in [3.8, 4) is 0 Å². The van der Waals surface area contributed by atoms with E-state index in [4.69, 9.17) is 0 Å². The van der Waals surface area contributed by atoms with Crippen molar-refractivity contribution in [2.75, 3.05) is 0 Å². The van der Waals surface area contributed by atoms with Gasteiger partial charge in [-0.15, -0.1) is 7.47 Å². The molecular formula is C23H41PSi. The first-order valence-electron chi connectivity index (χ1n) is 11.0. The zero-order chi connectivity index (χ0) is 18.2. The Bertz CT molecular complexity index is 526. The zero-order valence-corrected chi connectivity index (χ0v) is 19.6. The van der Waals surface area contributed by atoms with Gasteiger partial charge in [-0.2, -0.15) is 0 Å². The molecule has 3 rings (SSSR count). The monoisotopic (exact) mass is 376 g/mol. The molecule has 2 fully saturated rings. The van der Waals surface area contributed by atoms with Gasteiger partial charge in [0.15, 0.2) is 0 Å². The summed E-state index contributed by atoms with van der Waals surface area (Å²) < 4.78 is 0. The van der Waals surface area contributed by atoms with E-state index < -0.39 is 7.74 Å². The van der Waals surface area contributed by atoms with Gasteiger partial charge in [0.25, 0.3) is 0 Å². The predicted molar refractivity (Wildman–Crippen MR) is 118 cm³/mol. The van der Waals surface area contributed by atoms with E-state index in [2.05, 4.69) is 40.8 Å². The third kappa shape index (κ3) is 3.75. The van der Waals surface area contributed by atoms with Crippen molar-refractivity contribution < 1.29 is 0 Å². The standard InChI is InChI=1S/C23H41PSi/c1-17-18(2)20(4)23(19(17)3)25(5,6)24(21-13-9-7-10-14-21)22-15-11-8-12-16-22/h19,21-22H,7-16H2,1-6H3. The molecule has 3 aliphatic rings. The number of allylic oxidation sites excluding steroid dienone is 4. The highest BCUT2D eigenvalue weighted by Gasteiger charge is 2.47. The smallest absolute Gasteiger partial charge is 0.104 e. The van der Waals surface area contributed by atoms with Gasteiger partial charge in [0, 0.05) is 0 Å². The molecule has 0 heterocycles. The summed E-state index contributed by atoms with van der Waals surface area (Å²) in [4.78, 5) is 0. The van der Waals surface area contributed by atoms with Gasteiger partial charge < -0.3 is 0 Å². The lowest BCUT2D eigenvalue weighted by atomic mass is 10.00. The van der Waals surface area contributed by atoms with E-state index in [1.807, 2.05) is 5.20 Å². The van der Waals surface area contributed by atoms with Gasteiger partial charge in [0.1, 0.15) is 7.74 Å². The molecule has 0 spiro atoms. The van der Waals surface area contributed by atoms with E-state index >= 15 is 0 Å². The average molecular weight is 377 g/mol. The van der Waals surface area contributed by atoms with Gasteiger partial charge >= 0.3 is 0 Å². The minimum absolute atomic E-state index is 0.212. The van der Waals surface area contributed by atoms with Crippen molar-refractivity contribution in [3.63, 3.8) is 0 Å². The molecule has 0 nitrogen and oxygen atoms in total. The summed E-state index contributed by atoms with van der Waals surface area (Å²) in [7, 11) is -1.17. The fourth-order valence-electron chi connectivity index (χ4n) is 6.42. The highest BCUT2D eigenvalue weighted by Crippen LogP contribution is 2.65. The fraction of sp³-hybridized carbons (Fsp3) is 0.826. The lowest BCUT2D eigenvalue weighted by Crippen LogP contribution is -2.39. The molecule has 2 saturated carbocycles. The Hall–Kier alpha value is 0.127. The van der Waals surface area contributed by atoms with Gasteiger partial charge in [-0.1, -0.05) is 74.9 Å². The van der Waals surface area contributed by atoms with Crippen LogP contribution in [0.1, 0.15) is 91.9 Å². The van der Waals surface area contributed by atoms with Crippen LogP contribution in [-0.2, 0) is 0 Å². The van der Waals surface area contributed by atoms with Crippen LogP contribution >= 0.6 is 7.47 Å². The first-order valence-corrected chi connectivity index (χ1v) is 16.3. The van der Waals surface area contributed by atoms with Crippen LogP contribution in [0.2, 0.25) is 13.1 Å². The molecule has 0 aliphatic heterocycles. The van der Waals surface area contributed by atoms with Crippen LogP contribution in [0.4, 0.5) is 0 Å². The Morgan fingerprint density at radius 1 is 0.720 bits per heavy atom. The minimum atomic E-state index is -1.38. The zero-order valence-electron chi connectivity index (χ0n) is 17.8. The highest BCUT2D eigenvalue weighted by molar-refractivity contribution is 7.96. The summed E-state index contributed by atoms with van der Waals surface area (Å²) >= 11 is 0. The Labute approximate surface area is 159 Å². The molecule has 2 heteroatoms. The molecule has 0 N–H and O–H groups in total. The van der Waals surface area contributed by atoms with E-state index in [0.29, 0.717) is 0 Å². The number of hydrogen-bond donors (Lipinski definition) is 0. The molecular weight excluding hydrogens is 335 g/mol. The second-order valence-corrected chi connectivity index (χ2v) is 20.5. The quantitative estimate of drug-likeness (QED) is 0.343. The molecule has 0 amide bonds. The van der Waals surface area contributed by atoms with E-state index in [-0.39, 0.29) is 7.47 Å². The lowest BCUT2D eigenvalue weighted by molar-refractivity contribution is 0.487. The third-order valence-corrected chi connectivity index (χ3v) is 20.7. The lowest BCUT2D eigenvalue weighted by Gasteiger charge is -2.48. The summed E-state index contributed by atoms with van der Waals surface area (Å²) in [5.74, 6) is 0.735. The second-order valence-electron chi connectivity index (χ2n) is 9.62. The summed E-state index contributed by atoms with van der Waals surface area (Å²) in [6, 6.07) is 0. The van der Waals surface area contributed by atoms with Crippen LogP contribution in [0.5, 0.6) is 0 Å². The predicted octanol–water partition coefficient (Wildman–Crippen LogP) is 8.18. The Morgan fingerprint density at radius 3 is 1.52 bits per heavy atom. The topological polar surface area (TPSA) is 0 Å². The maximum atomic E-state index is 2.79. The minimum Gasteiger partial charge on any atom is -0.108 e. The van der Waals surface area contributed by atoms with Crippen molar-refractivity contribution in [3.05, 3.63) is 21.9 Å². The summed E-state index contributed by atoms with van der Waals surface area (Å²) in [6.07, 6.45) is 15.3. The van der Waals surface area contributed by atoms with E-state index in [1.54, 1.807) is 42.4 Å². The van der Waals surface area contributed by atoms with Gasteiger partial charge in [-0.3, -0.25) is 0 Å². The molecule has 25 heavy (non-hydrogen) atoms. The van der Waals surface area contributed by atoms with Crippen molar-refractivity contribution in [1.82, 2.24) is 0 Å². The highest BCUT2D eigenvalue weighted by atomic mass is 31.4. The first kappa shape index (κ1) is 19.9. The Morgan fingerprint density at radius 2 is 1.16 bits per heavy atom. The van der Waals surface area contributed by atoms with Crippen molar-refractivity contribution in [2.45, 2.75) is 116 Å². The fourth-order valence-corrected chi connectivity index (χ4v) is 22.3. The maximum absolute atomic E-state index is 2.79. The summed E-state index contributed by atoms with van der Waals surface area (Å²) in [5, 5.41) is 1.96. The normalized spacial score (nSPS) is 27.7.